The zero-order chi connectivity index (χ0) is 21.1. The molecule has 148 valence electrons. The van der Waals surface area contributed by atoms with Crippen molar-refractivity contribution in [3.63, 3.8) is 0 Å². The molecule has 3 aromatic heterocycles. The number of nitriles is 1. The zero-order valence-electron chi connectivity index (χ0n) is 16.0. The zero-order valence-corrected chi connectivity index (χ0v) is 16.8. The van der Waals surface area contributed by atoms with E-state index in [4.69, 9.17) is 5.10 Å². The normalized spacial score (nSPS) is 10.5. The van der Waals surface area contributed by atoms with Crippen LogP contribution in [0.4, 0.5) is 11.5 Å². The van der Waals surface area contributed by atoms with Crippen molar-refractivity contribution in [1.29, 1.82) is 5.26 Å². The van der Waals surface area contributed by atoms with E-state index in [0.717, 1.165) is 21.8 Å². The summed E-state index contributed by atoms with van der Waals surface area (Å²) in [6.07, 6.45) is 1.97. The van der Waals surface area contributed by atoms with Crippen LogP contribution in [0.25, 0.3) is 16.3 Å². The smallest absolute Gasteiger partial charge is 0.305 e. The quantitative estimate of drug-likeness (QED) is 0.341. The standard InChI is InChI=1S/C21H16N6O2S/c1-25(20-10-9-18(27(28)29)17(12-22)23-20)13-15-14-26(16-6-3-2-4-7-16)24-21(15)19-8-5-11-30-19/h2-11,14H,13H2,1H3. The van der Waals surface area contributed by atoms with E-state index in [9.17, 15) is 15.4 Å². The van der Waals surface area contributed by atoms with Gasteiger partial charge in [-0.15, -0.1) is 11.3 Å². The Labute approximate surface area is 176 Å². The number of hydrogen-bond acceptors (Lipinski definition) is 7. The third kappa shape index (κ3) is 3.76. The van der Waals surface area contributed by atoms with Crippen molar-refractivity contribution < 1.29 is 4.92 Å². The van der Waals surface area contributed by atoms with Crippen LogP contribution < -0.4 is 4.90 Å². The second-order valence-corrected chi connectivity index (χ2v) is 7.47. The fourth-order valence-electron chi connectivity index (χ4n) is 3.08. The first kappa shape index (κ1) is 19.3. The number of pyridine rings is 1. The first-order valence-corrected chi connectivity index (χ1v) is 9.89. The van der Waals surface area contributed by atoms with Crippen molar-refractivity contribution in [2.45, 2.75) is 6.54 Å². The van der Waals surface area contributed by atoms with Gasteiger partial charge in [0.05, 0.1) is 15.5 Å². The lowest BCUT2D eigenvalue weighted by Gasteiger charge is -2.18. The SMILES string of the molecule is CN(Cc1cn(-c2ccccc2)nc1-c1cccs1)c1ccc([N+](=O)[O-])c(C#N)n1. The molecule has 0 radical (unpaired) electrons. The van der Waals surface area contributed by atoms with E-state index in [1.807, 2.05) is 70.7 Å². The van der Waals surface area contributed by atoms with E-state index in [1.165, 1.54) is 6.07 Å². The van der Waals surface area contributed by atoms with Crippen molar-refractivity contribution in [3.8, 4) is 22.3 Å². The first-order chi connectivity index (χ1) is 14.6. The number of rotatable bonds is 6. The molecule has 0 unspecified atom stereocenters. The summed E-state index contributed by atoms with van der Waals surface area (Å²) in [4.78, 5) is 17.5. The van der Waals surface area contributed by atoms with Gasteiger partial charge in [0.1, 0.15) is 17.6 Å². The summed E-state index contributed by atoms with van der Waals surface area (Å²) in [7, 11) is 1.83. The highest BCUT2D eigenvalue weighted by molar-refractivity contribution is 7.13. The highest BCUT2D eigenvalue weighted by Gasteiger charge is 2.19. The van der Waals surface area contributed by atoms with Gasteiger partial charge in [-0.3, -0.25) is 10.1 Å². The lowest BCUT2D eigenvalue weighted by molar-refractivity contribution is -0.385. The van der Waals surface area contributed by atoms with E-state index in [-0.39, 0.29) is 11.4 Å². The van der Waals surface area contributed by atoms with Crippen LogP contribution in [0.15, 0.2) is 66.2 Å². The Balaban J connectivity index is 1.69. The van der Waals surface area contributed by atoms with Crippen molar-refractivity contribution in [2.75, 3.05) is 11.9 Å². The number of hydrogen-bond donors (Lipinski definition) is 0. The molecule has 0 saturated carbocycles. The Bertz CT molecular complexity index is 1230. The van der Waals surface area contributed by atoms with E-state index in [2.05, 4.69) is 4.98 Å². The lowest BCUT2D eigenvalue weighted by atomic mass is 10.2. The molecule has 9 heteroatoms. The van der Waals surface area contributed by atoms with Crippen LogP contribution in [0.1, 0.15) is 11.3 Å². The Morgan fingerprint density at radius 3 is 2.67 bits per heavy atom. The largest absolute Gasteiger partial charge is 0.355 e. The predicted octanol–water partition coefficient (Wildman–Crippen LogP) is 4.41. The van der Waals surface area contributed by atoms with Crippen LogP contribution >= 0.6 is 11.3 Å². The van der Waals surface area contributed by atoms with Crippen LogP contribution in [-0.4, -0.2) is 26.7 Å². The van der Waals surface area contributed by atoms with Crippen LogP contribution in [-0.2, 0) is 6.54 Å². The summed E-state index contributed by atoms with van der Waals surface area (Å²) in [5.41, 5.74) is 2.28. The average molecular weight is 416 g/mol. The maximum absolute atomic E-state index is 11.1. The molecule has 0 N–H and O–H groups in total. The molecule has 0 saturated heterocycles. The Hall–Kier alpha value is -4.03. The molecule has 0 aliphatic heterocycles. The number of aromatic nitrogens is 3. The average Bonchev–Trinajstić information content (AvgIpc) is 3.43. The molecular weight excluding hydrogens is 400 g/mol. The third-order valence-electron chi connectivity index (χ3n) is 4.53. The summed E-state index contributed by atoms with van der Waals surface area (Å²) in [5.74, 6) is 0.474. The van der Waals surface area contributed by atoms with Gasteiger partial charge in [-0.25, -0.2) is 9.67 Å². The van der Waals surface area contributed by atoms with Gasteiger partial charge in [-0.1, -0.05) is 24.3 Å². The summed E-state index contributed by atoms with van der Waals surface area (Å²) < 4.78 is 1.84. The second kappa shape index (κ2) is 8.14. The number of nitrogens with zero attached hydrogens (tertiary/aromatic N) is 6. The molecule has 0 atom stereocenters. The third-order valence-corrected chi connectivity index (χ3v) is 5.40. The molecule has 0 aliphatic carbocycles. The van der Waals surface area contributed by atoms with Crippen LogP contribution in [0.3, 0.4) is 0 Å². The lowest BCUT2D eigenvalue weighted by Crippen LogP contribution is -2.18. The summed E-state index contributed by atoms with van der Waals surface area (Å²) in [6.45, 7) is 0.468. The van der Waals surface area contributed by atoms with Crippen molar-refractivity contribution >= 4 is 22.8 Å². The number of para-hydroxylation sites is 1. The summed E-state index contributed by atoms with van der Waals surface area (Å²) in [6, 6.07) is 18.5. The molecular formula is C21H16N6O2S. The molecule has 3 heterocycles. The second-order valence-electron chi connectivity index (χ2n) is 6.52. The molecule has 0 bridgehead atoms. The summed E-state index contributed by atoms with van der Waals surface area (Å²) >= 11 is 1.60. The molecule has 1 aromatic carbocycles. The first-order valence-electron chi connectivity index (χ1n) is 9.01. The fraction of sp³-hybridized carbons (Fsp3) is 0.0952. The Morgan fingerprint density at radius 1 is 1.20 bits per heavy atom. The van der Waals surface area contributed by atoms with Gasteiger partial charge in [-0.05, 0) is 29.6 Å². The van der Waals surface area contributed by atoms with E-state index in [0.29, 0.717) is 12.4 Å². The van der Waals surface area contributed by atoms with E-state index in [1.54, 1.807) is 23.5 Å². The number of thiophene rings is 1. The highest BCUT2D eigenvalue weighted by atomic mass is 32.1. The molecule has 30 heavy (non-hydrogen) atoms. The van der Waals surface area contributed by atoms with Crippen LogP contribution in [0.5, 0.6) is 0 Å². The molecule has 8 nitrogen and oxygen atoms in total. The Kier molecular flexibility index (Phi) is 5.24. The number of nitro groups is 1. The molecule has 0 aliphatic rings. The highest BCUT2D eigenvalue weighted by Crippen LogP contribution is 2.29. The molecule has 4 aromatic rings. The van der Waals surface area contributed by atoms with Gasteiger partial charge in [0.15, 0.2) is 0 Å². The van der Waals surface area contributed by atoms with Gasteiger partial charge in [0.25, 0.3) is 0 Å². The van der Waals surface area contributed by atoms with E-state index < -0.39 is 4.92 Å². The van der Waals surface area contributed by atoms with Gasteiger partial charge >= 0.3 is 5.69 Å². The number of benzene rings is 1. The maximum Gasteiger partial charge on any atom is 0.305 e. The van der Waals surface area contributed by atoms with Crippen LogP contribution in [0.2, 0.25) is 0 Å². The maximum atomic E-state index is 11.1. The van der Waals surface area contributed by atoms with Crippen molar-refractivity contribution in [1.82, 2.24) is 14.8 Å². The minimum Gasteiger partial charge on any atom is -0.355 e. The van der Waals surface area contributed by atoms with Gasteiger partial charge in [-0.2, -0.15) is 10.4 Å². The minimum atomic E-state index is -0.603. The number of anilines is 1. The van der Waals surface area contributed by atoms with Gasteiger partial charge in [0, 0.05) is 31.4 Å². The fourth-order valence-corrected chi connectivity index (χ4v) is 3.82. The van der Waals surface area contributed by atoms with E-state index >= 15 is 0 Å². The molecule has 0 fully saturated rings. The predicted molar refractivity (Wildman–Crippen MR) is 115 cm³/mol. The van der Waals surface area contributed by atoms with Crippen molar-refractivity contribution in [2.24, 2.45) is 0 Å². The molecule has 4 rings (SSSR count). The monoisotopic (exact) mass is 416 g/mol. The van der Waals surface area contributed by atoms with Gasteiger partial charge in [0.2, 0.25) is 5.69 Å². The summed E-state index contributed by atoms with van der Waals surface area (Å²) in [5, 5.41) is 27.1. The topological polar surface area (TPSA) is 101 Å². The Morgan fingerprint density at radius 2 is 2.00 bits per heavy atom. The van der Waals surface area contributed by atoms with Gasteiger partial charge < -0.3 is 4.90 Å². The molecule has 0 amide bonds. The van der Waals surface area contributed by atoms with Crippen LogP contribution in [0, 0.1) is 21.4 Å². The minimum absolute atomic E-state index is 0.206. The molecule has 0 spiro atoms. The van der Waals surface area contributed by atoms with Crippen molar-refractivity contribution in [3.05, 3.63) is 87.5 Å².